The van der Waals surface area contributed by atoms with E-state index in [-0.39, 0.29) is 0 Å². The average Bonchev–Trinajstić information content (AvgIpc) is 2.00. The van der Waals surface area contributed by atoms with Gasteiger partial charge in [0, 0.05) is 5.57 Å². The Balaban J connectivity index is 3.89. The summed E-state index contributed by atoms with van der Waals surface area (Å²) in [6.45, 7) is 3.88. The third kappa shape index (κ3) is 4.13. The van der Waals surface area contributed by atoms with Crippen LogP contribution in [0.2, 0.25) is 0 Å². The van der Waals surface area contributed by atoms with E-state index in [9.17, 15) is 9.59 Å². The minimum absolute atomic E-state index is 0.339. The van der Waals surface area contributed by atoms with Crippen molar-refractivity contribution in [1.29, 1.82) is 0 Å². The molecule has 62 valence electrons. The molecule has 0 unspecified atom stereocenters. The van der Waals surface area contributed by atoms with E-state index in [0.29, 0.717) is 18.6 Å². The van der Waals surface area contributed by atoms with Crippen LogP contribution in [0.4, 0.5) is 0 Å². The van der Waals surface area contributed by atoms with Crippen molar-refractivity contribution in [2.45, 2.75) is 13.8 Å². The number of hydrogen-bond acceptors (Lipinski definition) is 3. The Bertz CT molecular complexity index is 175. The molecular weight excluding hydrogens is 146 g/mol. The van der Waals surface area contributed by atoms with Crippen molar-refractivity contribution >= 4 is 12.3 Å². The van der Waals surface area contributed by atoms with Gasteiger partial charge < -0.3 is 4.74 Å². The molecule has 0 aromatic heterocycles. The zero-order chi connectivity index (χ0) is 8.69. The van der Waals surface area contributed by atoms with Crippen LogP contribution in [0.3, 0.4) is 0 Å². The minimum Gasteiger partial charge on any atom is -0.501 e. The van der Waals surface area contributed by atoms with Gasteiger partial charge in [-0.25, -0.2) is 0 Å². The molecule has 0 aliphatic heterocycles. The Labute approximate surface area is 65.2 Å². The second-order valence-electron chi connectivity index (χ2n) is 1.85. The molecule has 0 saturated carbocycles. The van der Waals surface area contributed by atoms with Crippen LogP contribution in [-0.4, -0.2) is 18.9 Å². The van der Waals surface area contributed by atoms with Gasteiger partial charge in [-0.1, -0.05) is 0 Å². The van der Waals surface area contributed by atoms with Crippen molar-refractivity contribution in [3.8, 4) is 0 Å². The molecule has 0 heterocycles. The minimum atomic E-state index is -0.437. The fraction of sp³-hybridized carbons (Fsp3) is 0.429. The number of hydrogen-bond donors (Lipinski definition) is 1. The highest BCUT2D eigenvalue weighted by molar-refractivity contribution is 5.98. The summed E-state index contributed by atoms with van der Waals surface area (Å²) in [6, 6.07) is 0. The molecule has 0 rings (SSSR count). The number of carbonyl (C=O) groups excluding carboxylic acids is 2. The van der Waals surface area contributed by atoms with E-state index in [1.54, 1.807) is 13.8 Å². The molecule has 1 N–H and O–H groups in total. The lowest BCUT2D eigenvalue weighted by Gasteiger charge is -1.98. The normalized spacial score (nSPS) is 10.5. The van der Waals surface area contributed by atoms with Crippen LogP contribution in [0.1, 0.15) is 13.8 Å². The van der Waals surface area contributed by atoms with Crippen LogP contribution < -0.4 is 5.32 Å². The Morgan fingerprint density at radius 2 is 2.27 bits per heavy atom. The SMILES string of the molecule is CCOC=C(C)C(=O)NC=O. The van der Waals surface area contributed by atoms with E-state index in [1.807, 2.05) is 5.32 Å². The number of amides is 2. The van der Waals surface area contributed by atoms with E-state index in [0.717, 1.165) is 0 Å². The molecule has 11 heavy (non-hydrogen) atoms. The largest absolute Gasteiger partial charge is 0.501 e. The van der Waals surface area contributed by atoms with E-state index in [2.05, 4.69) is 0 Å². The van der Waals surface area contributed by atoms with Gasteiger partial charge in [-0.3, -0.25) is 14.9 Å². The lowest BCUT2D eigenvalue weighted by molar-refractivity contribution is -0.122. The summed E-state index contributed by atoms with van der Waals surface area (Å²) >= 11 is 0. The topological polar surface area (TPSA) is 55.4 Å². The molecular formula is C7H11NO3. The predicted molar refractivity (Wildman–Crippen MR) is 39.6 cm³/mol. The number of nitrogens with one attached hydrogen (secondary N) is 1. The monoisotopic (exact) mass is 157 g/mol. The summed E-state index contributed by atoms with van der Waals surface area (Å²) in [5.41, 5.74) is 0.374. The molecule has 4 heteroatoms. The van der Waals surface area contributed by atoms with Crippen LogP contribution in [0, 0.1) is 0 Å². The van der Waals surface area contributed by atoms with Crippen molar-refractivity contribution in [3.05, 3.63) is 11.8 Å². The highest BCUT2D eigenvalue weighted by Gasteiger charge is 2.00. The van der Waals surface area contributed by atoms with Crippen molar-refractivity contribution in [1.82, 2.24) is 5.32 Å². The maximum atomic E-state index is 10.8. The first-order valence-corrected chi connectivity index (χ1v) is 3.25. The fourth-order valence-corrected chi connectivity index (χ4v) is 0.429. The highest BCUT2D eigenvalue weighted by Crippen LogP contribution is 1.91. The van der Waals surface area contributed by atoms with Crippen molar-refractivity contribution < 1.29 is 14.3 Å². The Hall–Kier alpha value is -1.32. The number of rotatable bonds is 4. The van der Waals surface area contributed by atoms with E-state index in [4.69, 9.17) is 4.74 Å². The van der Waals surface area contributed by atoms with Gasteiger partial charge in [0.15, 0.2) is 0 Å². The molecule has 0 spiro atoms. The maximum absolute atomic E-state index is 10.8. The lowest BCUT2D eigenvalue weighted by Crippen LogP contribution is -2.21. The van der Waals surface area contributed by atoms with Gasteiger partial charge in [-0.05, 0) is 13.8 Å². The van der Waals surface area contributed by atoms with E-state index >= 15 is 0 Å². The number of ether oxygens (including phenoxy) is 1. The fourth-order valence-electron chi connectivity index (χ4n) is 0.429. The molecule has 2 amide bonds. The lowest BCUT2D eigenvalue weighted by atomic mass is 10.3. The first-order valence-electron chi connectivity index (χ1n) is 3.25. The van der Waals surface area contributed by atoms with Crippen LogP contribution in [0.15, 0.2) is 11.8 Å². The van der Waals surface area contributed by atoms with Gasteiger partial charge in [0.2, 0.25) is 6.41 Å². The average molecular weight is 157 g/mol. The summed E-state index contributed by atoms with van der Waals surface area (Å²) in [5, 5.41) is 1.99. The molecule has 0 fully saturated rings. The third-order valence-corrected chi connectivity index (χ3v) is 0.975. The summed E-state index contributed by atoms with van der Waals surface area (Å²) in [4.78, 5) is 20.6. The smallest absolute Gasteiger partial charge is 0.256 e. The Kier molecular flexibility index (Phi) is 4.81. The molecule has 0 aliphatic carbocycles. The van der Waals surface area contributed by atoms with Crippen LogP contribution in [-0.2, 0) is 14.3 Å². The maximum Gasteiger partial charge on any atom is 0.256 e. The van der Waals surface area contributed by atoms with Crippen LogP contribution >= 0.6 is 0 Å². The van der Waals surface area contributed by atoms with Crippen molar-refractivity contribution in [3.63, 3.8) is 0 Å². The van der Waals surface area contributed by atoms with Gasteiger partial charge in [0.1, 0.15) is 0 Å². The van der Waals surface area contributed by atoms with Gasteiger partial charge >= 0.3 is 0 Å². The Morgan fingerprint density at radius 3 is 2.73 bits per heavy atom. The molecule has 0 aromatic carbocycles. The Morgan fingerprint density at radius 1 is 1.64 bits per heavy atom. The highest BCUT2D eigenvalue weighted by atomic mass is 16.5. The zero-order valence-corrected chi connectivity index (χ0v) is 6.59. The molecule has 0 bridgehead atoms. The molecule has 0 aromatic rings. The standard InChI is InChI=1S/C7H11NO3/c1-3-11-4-6(2)7(10)8-5-9/h4-5H,3H2,1-2H3,(H,8,9,10). The second kappa shape index (κ2) is 5.46. The summed E-state index contributed by atoms with van der Waals surface area (Å²) in [7, 11) is 0. The van der Waals surface area contributed by atoms with Crippen molar-refractivity contribution in [2.24, 2.45) is 0 Å². The summed E-state index contributed by atoms with van der Waals surface area (Å²) < 4.78 is 4.82. The van der Waals surface area contributed by atoms with Gasteiger partial charge in [-0.2, -0.15) is 0 Å². The number of imide groups is 1. The van der Waals surface area contributed by atoms with Gasteiger partial charge in [-0.15, -0.1) is 0 Å². The second-order valence-corrected chi connectivity index (χ2v) is 1.85. The number of carbonyl (C=O) groups is 2. The predicted octanol–water partition coefficient (Wildman–Crippen LogP) is 0.199. The quantitative estimate of drug-likeness (QED) is 0.360. The summed E-state index contributed by atoms with van der Waals surface area (Å²) in [6.07, 6.45) is 1.66. The van der Waals surface area contributed by atoms with Crippen molar-refractivity contribution in [2.75, 3.05) is 6.61 Å². The summed E-state index contributed by atoms with van der Waals surface area (Å²) in [5.74, 6) is -0.437. The zero-order valence-electron chi connectivity index (χ0n) is 6.59. The first-order chi connectivity index (χ1) is 5.22. The third-order valence-electron chi connectivity index (χ3n) is 0.975. The molecule has 4 nitrogen and oxygen atoms in total. The van der Waals surface area contributed by atoms with Gasteiger partial charge in [0.05, 0.1) is 12.9 Å². The molecule has 0 radical (unpaired) electrons. The van der Waals surface area contributed by atoms with Crippen LogP contribution in [0.25, 0.3) is 0 Å². The van der Waals surface area contributed by atoms with E-state index < -0.39 is 5.91 Å². The first kappa shape index (κ1) is 9.68. The molecule has 0 atom stereocenters. The van der Waals surface area contributed by atoms with Gasteiger partial charge in [0.25, 0.3) is 5.91 Å². The van der Waals surface area contributed by atoms with E-state index in [1.165, 1.54) is 6.26 Å². The molecule has 0 aliphatic rings. The molecule has 0 saturated heterocycles. The van der Waals surface area contributed by atoms with Crippen LogP contribution in [0.5, 0.6) is 0 Å².